The van der Waals surface area contributed by atoms with Crippen molar-refractivity contribution in [2.24, 2.45) is 0 Å². The Labute approximate surface area is 161 Å². The van der Waals surface area contributed by atoms with Gasteiger partial charge >= 0.3 is 0 Å². The molecule has 0 amide bonds. The van der Waals surface area contributed by atoms with Gasteiger partial charge in [-0.25, -0.2) is 4.98 Å². The minimum atomic E-state index is -0.363. The molecule has 8 nitrogen and oxygen atoms in total. The van der Waals surface area contributed by atoms with E-state index in [1.54, 1.807) is 6.07 Å². The first-order valence-corrected chi connectivity index (χ1v) is 9.73. The molecule has 1 saturated heterocycles. The van der Waals surface area contributed by atoms with Gasteiger partial charge in [-0.1, -0.05) is 17.3 Å². The molecule has 0 bridgehead atoms. The van der Waals surface area contributed by atoms with E-state index in [9.17, 15) is 10.1 Å². The van der Waals surface area contributed by atoms with Gasteiger partial charge in [0.15, 0.2) is 11.3 Å². The number of pyridine rings is 1. The molecule has 1 aromatic carbocycles. The third kappa shape index (κ3) is 2.98. The van der Waals surface area contributed by atoms with Crippen LogP contribution in [0.1, 0.15) is 54.9 Å². The van der Waals surface area contributed by atoms with Crippen molar-refractivity contribution in [3.05, 3.63) is 51.8 Å². The second-order valence-electron chi connectivity index (χ2n) is 7.74. The van der Waals surface area contributed by atoms with Crippen LogP contribution in [0.4, 0.5) is 11.4 Å². The van der Waals surface area contributed by atoms with Gasteiger partial charge in [-0.05, 0) is 38.7 Å². The summed E-state index contributed by atoms with van der Waals surface area (Å²) in [5.74, 6) is 2.40. The second-order valence-corrected chi connectivity index (χ2v) is 7.74. The number of anilines is 1. The predicted molar refractivity (Wildman–Crippen MR) is 104 cm³/mol. The van der Waals surface area contributed by atoms with Crippen molar-refractivity contribution in [2.45, 2.75) is 44.4 Å². The summed E-state index contributed by atoms with van der Waals surface area (Å²) in [7, 11) is 0. The Morgan fingerprint density at radius 2 is 1.93 bits per heavy atom. The standard InChI is InChI=1S/C20H21N5O3/c1-12-11-17(15-3-2-4-16(25(26)27)18(15)21-12)24-9-7-13(8-10-24)19-22-20(28-23-19)14-5-6-14/h2-4,11,13-14H,5-10H2,1H3. The summed E-state index contributed by atoms with van der Waals surface area (Å²) in [5, 5.41) is 16.4. The van der Waals surface area contributed by atoms with Crippen LogP contribution in [-0.2, 0) is 0 Å². The maximum absolute atomic E-state index is 11.4. The van der Waals surface area contributed by atoms with Crippen molar-refractivity contribution in [3.63, 3.8) is 0 Å². The number of piperidine rings is 1. The van der Waals surface area contributed by atoms with Crippen LogP contribution in [0, 0.1) is 17.0 Å². The van der Waals surface area contributed by atoms with Crippen LogP contribution in [0.25, 0.3) is 10.9 Å². The monoisotopic (exact) mass is 379 g/mol. The Balaban J connectivity index is 1.40. The lowest BCUT2D eigenvalue weighted by atomic mass is 9.95. The first-order valence-electron chi connectivity index (χ1n) is 9.73. The van der Waals surface area contributed by atoms with Crippen LogP contribution < -0.4 is 4.90 Å². The van der Waals surface area contributed by atoms with Gasteiger partial charge in [0, 0.05) is 47.8 Å². The first kappa shape index (κ1) is 17.1. The number of para-hydroxylation sites is 1. The van der Waals surface area contributed by atoms with Crippen molar-refractivity contribution >= 4 is 22.3 Å². The summed E-state index contributed by atoms with van der Waals surface area (Å²) in [6, 6.07) is 7.17. The van der Waals surface area contributed by atoms with Crippen LogP contribution in [0.2, 0.25) is 0 Å². The van der Waals surface area contributed by atoms with Crippen molar-refractivity contribution in [3.8, 4) is 0 Å². The first-order chi connectivity index (χ1) is 13.6. The highest BCUT2D eigenvalue weighted by Crippen LogP contribution is 2.40. The Hall–Kier alpha value is -3.03. The molecule has 1 saturated carbocycles. The highest BCUT2D eigenvalue weighted by atomic mass is 16.6. The number of non-ortho nitro benzene ring substituents is 1. The zero-order valence-corrected chi connectivity index (χ0v) is 15.7. The second kappa shape index (κ2) is 6.54. The third-order valence-electron chi connectivity index (χ3n) is 5.71. The number of nitro benzene ring substituents is 1. The minimum Gasteiger partial charge on any atom is -0.371 e. The lowest BCUT2D eigenvalue weighted by Crippen LogP contribution is -2.33. The third-order valence-corrected chi connectivity index (χ3v) is 5.71. The number of nitrogens with zero attached hydrogens (tertiary/aromatic N) is 5. The summed E-state index contributed by atoms with van der Waals surface area (Å²) >= 11 is 0. The highest BCUT2D eigenvalue weighted by Gasteiger charge is 2.32. The number of aryl methyl sites for hydroxylation is 1. The van der Waals surface area contributed by atoms with E-state index < -0.39 is 0 Å². The number of hydrogen-bond donors (Lipinski definition) is 0. The van der Waals surface area contributed by atoms with Crippen molar-refractivity contribution in [1.82, 2.24) is 15.1 Å². The van der Waals surface area contributed by atoms with E-state index in [1.807, 2.05) is 19.1 Å². The normalized spacial score (nSPS) is 18.0. The lowest BCUT2D eigenvalue weighted by molar-refractivity contribution is -0.383. The van der Waals surface area contributed by atoms with Gasteiger partial charge in [0.1, 0.15) is 0 Å². The molecule has 28 heavy (non-hydrogen) atoms. The summed E-state index contributed by atoms with van der Waals surface area (Å²) in [4.78, 5) is 22.4. The van der Waals surface area contributed by atoms with E-state index >= 15 is 0 Å². The Kier molecular flexibility index (Phi) is 3.99. The Bertz CT molecular complexity index is 1050. The number of hydrogen-bond acceptors (Lipinski definition) is 7. The molecule has 3 aromatic rings. The molecule has 3 heterocycles. The van der Waals surface area contributed by atoms with Gasteiger partial charge in [0.05, 0.1) is 4.92 Å². The van der Waals surface area contributed by atoms with E-state index in [0.717, 1.165) is 67.3 Å². The molecule has 2 aliphatic rings. The van der Waals surface area contributed by atoms with Crippen LogP contribution in [0.3, 0.4) is 0 Å². The average Bonchev–Trinajstić information content (AvgIpc) is 3.43. The van der Waals surface area contributed by atoms with E-state index in [1.165, 1.54) is 6.07 Å². The molecule has 0 unspecified atom stereocenters. The fourth-order valence-corrected chi connectivity index (χ4v) is 4.04. The zero-order chi connectivity index (χ0) is 19.3. The number of aromatic nitrogens is 3. The number of rotatable bonds is 4. The van der Waals surface area contributed by atoms with E-state index in [2.05, 4.69) is 20.0 Å². The van der Waals surface area contributed by atoms with E-state index in [4.69, 9.17) is 4.52 Å². The largest absolute Gasteiger partial charge is 0.371 e. The molecule has 0 radical (unpaired) electrons. The summed E-state index contributed by atoms with van der Waals surface area (Å²) in [6.07, 6.45) is 4.17. The molecular formula is C20H21N5O3. The quantitative estimate of drug-likeness (QED) is 0.497. The topological polar surface area (TPSA) is 98.2 Å². The van der Waals surface area contributed by atoms with Crippen LogP contribution in [0.5, 0.6) is 0 Å². The molecule has 2 aromatic heterocycles. The molecular weight excluding hydrogens is 358 g/mol. The molecule has 144 valence electrons. The minimum absolute atomic E-state index is 0.0525. The molecule has 1 aliphatic carbocycles. The molecule has 0 N–H and O–H groups in total. The fraction of sp³-hybridized carbons (Fsp3) is 0.450. The number of fused-ring (bicyclic) bond motifs is 1. The maximum Gasteiger partial charge on any atom is 0.295 e. The molecule has 0 atom stereocenters. The molecule has 1 aliphatic heterocycles. The predicted octanol–water partition coefficient (Wildman–Crippen LogP) is 4.10. The summed E-state index contributed by atoms with van der Waals surface area (Å²) in [6.45, 7) is 3.57. The highest BCUT2D eigenvalue weighted by molar-refractivity contribution is 5.97. The van der Waals surface area contributed by atoms with Crippen molar-refractivity contribution in [1.29, 1.82) is 0 Å². The van der Waals surface area contributed by atoms with Crippen LogP contribution in [0.15, 0.2) is 28.8 Å². The fourth-order valence-electron chi connectivity index (χ4n) is 4.04. The Morgan fingerprint density at radius 1 is 1.14 bits per heavy atom. The maximum atomic E-state index is 11.4. The molecule has 0 spiro atoms. The lowest BCUT2D eigenvalue weighted by Gasteiger charge is -2.33. The van der Waals surface area contributed by atoms with Gasteiger partial charge in [0.25, 0.3) is 5.69 Å². The van der Waals surface area contributed by atoms with Crippen LogP contribution in [-0.4, -0.2) is 33.1 Å². The molecule has 5 rings (SSSR count). The van der Waals surface area contributed by atoms with Crippen molar-refractivity contribution < 1.29 is 9.45 Å². The Morgan fingerprint density at radius 3 is 2.64 bits per heavy atom. The number of benzene rings is 1. The number of nitro groups is 1. The van der Waals surface area contributed by atoms with E-state index in [-0.39, 0.29) is 10.6 Å². The van der Waals surface area contributed by atoms with E-state index in [0.29, 0.717) is 17.4 Å². The van der Waals surface area contributed by atoms with Crippen molar-refractivity contribution in [2.75, 3.05) is 18.0 Å². The average molecular weight is 379 g/mol. The van der Waals surface area contributed by atoms with Gasteiger partial charge in [0.2, 0.25) is 5.89 Å². The van der Waals surface area contributed by atoms with Gasteiger partial charge < -0.3 is 9.42 Å². The SMILES string of the molecule is Cc1cc(N2CCC(c3noc(C4CC4)n3)CC2)c2cccc([N+](=O)[O-])c2n1. The smallest absolute Gasteiger partial charge is 0.295 e. The molecule has 2 fully saturated rings. The molecule has 8 heteroatoms. The summed E-state index contributed by atoms with van der Waals surface area (Å²) < 4.78 is 5.42. The summed E-state index contributed by atoms with van der Waals surface area (Å²) in [5.41, 5.74) is 2.30. The van der Waals surface area contributed by atoms with Gasteiger partial charge in [-0.2, -0.15) is 4.98 Å². The van der Waals surface area contributed by atoms with Gasteiger partial charge in [-0.3, -0.25) is 10.1 Å². The zero-order valence-electron chi connectivity index (χ0n) is 15.7. The van der Waals surface area contributed by atoms with Gasteiger partial charge in [-0.15, -0.1) is 0 Å². The van der Waals surface area contributed by atoms with Crippen LogP contribution >= 0.6 is 0 Å².